The van der Waals surface area contributed by atoms with E-state index in [1.807, 2.05) is 0 Å². The monoisotopic (exact) mass is 222 g/mol. The molecule has 0 N–H and O–H groups in total. The lowest BCUT2D eigenvalue weighted by Crippen LogP contribution is -2.14. The molecule has 0 aromatic carbocycles. The van der Waals surface area contributed by atoms with Crippen LogP contribution in [0.1, 0.15) is 56.4 Å². The van der Waals surface area contributed by atoms with Crippen molar-refractivity contribution >= 4 is 11.3 Å². The first-order valence-corrected chi connectivity index (χ1v) is 6.78. The number of fused-ring (bicyclic) bond motifs is 1. The van der Waals surface area contributed by atoms with Crippen molar-refractivity contribution in [3.8, 4) is 0 Å². The van der Waals surface area contributed by atoms with Gasteiger partial charge in [-0.2, -0.15) is 0 Å². The minimum absolute atomic E-state index is 0.374. The van der Waals surface area contributed by atoms with Crippen LogP contribution >= 0.6 is 11.3 Å². The summed E-state index contributed by atoms with van der Waals surface area (Å²) in [6.45, 7) is 11.8. The van der Waals surface area contributed by atoms with Gasteiger partial charge in [0.1, 0.15) is 0 Å². The van der Waals surface area contributed by atoms with E-state index in [1.165, 1.54) is 19.3 Å². The standard InChI is InChI=1S/C14H22S/c1-6-14(4,5)12-7-10-8-13(2,3)9-11(10)15-12/h7H,6,8-9H2,1-5H3. The van der Waals surface area contributed by atoms with Crippen molar-refractivity contribution in [1.29, 1.82) is 0 Å². The molecule has 1 aliphatic rings. The van der Waals surface area contributed by atoms with Gasteiger partial charge < -0.3 is 0 Å². The van der Waals surface area contributed by atoms with E-state index in [4.69, 9.17) is 0 Å². The Labute approximate surface area is 97.7 Å². The fourth-order valence-corrected chi connectivity index (χ4v) is 3.90. The average Bonchev–Trinajstić information content (AvgIpc) is 2.57. The molecule has 0 amide bonds. The van der Waals surface area contributed by atoms with Crippen molar-refractivity contribution < 1.29 is 0 Å². The van der Waals surface area contributed by atoms with Crippen LogP contribution in [-0.2, 0) is 18.3 Å². The summed E-state index contributed by atoms with van der Waals surface area (Å²) in [4.78, 5) is 3.24. The lowest BCUT2D eigenvalue weighted by molar-refractivity contribution is 0.393. The molecule has 1 heterocycles. The molecule has 2 rings (SSSR count). The van der Waals surface area contributed by atoms with Gasteiger partial charge in [0.15, 0.2) is 0 Å². The molecule has 0 fully saturated rings. The zero-order valence-electron chi connectivity index (χ0n) is 10.6. The number of hydrogen-bond acceptors (Lipinski definition) is 1. The highest BCUT2D eigenvalue weighted by Crippen LogP contribution is 2.44. The van der Waals surface area contributed by atoms with Crippen molar-refractivity contribution in [2.24, 2.45) is 5.41 Å². The molecule has 1 aromatic heterocycles. The molecular formula is C14H22S. The van der Waals surface area contributed by atoms with E-state index >= 15 is 0 Å². The average molecular weight is 222 g/mol. The number of rotatable bonds is 2. The molecule has 0 spiro atoms. The lowest BCUT2D eigenvalue weighted by Gasteiger charge is -2.22. The number of hydrogen-bond donors (Lipinski definition) is 0. The van der Waals surface area contributed by atoms with Crippen LogP contribution < -0.4 is 0 Å². The third kappa shape index (κ3) is 1.99. The van der Waals surface area contributed by atoms with Gasteiger partial charge >= 0.3 is 0 Å². The first-order valence-electron chi connectivity index (χ1n) is 5.96. The van der Waals surface area contributed by atoms with Crippen molar-refractivity contribution in [2.75, 3.05) is 0 Å². The summed E-state index contributed by atoms with van der Waals surface area (Å²) < 4.78 is 0. The van der Waals surface area contributed by atoms with E-state index in [0.29, 0.717) is 10.8 Å². The zero-order chi connectivity index (χ0) is 11.3. The second-order valence-corrected chi connectivity index (χ2v) is 7.45. The normalized spacial score (nSPS) is 19.3. The lowest BCUT2D eigenvalue weighted by atomic mass is 9.87. The van der Waals surface area contributed by atoms with Crippen LogP contribution in [0.15, 0.2) is 6.07 Å². The summed E-state index contributed by atoms with van der Waals surface area (Å²) in [7, 11) is 0. The molecule has 84 valence electrons. The summed E-state index contributed by atoms with van der Waals surface area (Å²) in [6.07, 6.45) is 3.79. The maximum atomic E-state index is 2.47. The van der Waals surface area contributed by atoms with E-state index in [1.54, 1.807) is 15.3 Å². The van der Waals surface area contributed by atoms with Gasteiger partial charge in [-0.05, 0) is 41.7 Å². The fourth-order valence-electron chi connectivity index (χ4n) is 2.29. The first-order chi connectivity index (χ1) is 6.84. The maximum Gasteiger partial charge on any atom is 0.0107 e. The van der Waals surface area contributed by atoms with Gasteiger partial charge in [-0.15, -0.1) is 11.3 Å². The molecular weight excluding hydrogens is 200 g/mol. The van der Waals surface area contributed by atoms with Crippen LogP contribution in [0, 0.1) is 5.41 Å². The van der Waals surface area contributed by atoms with Gasteiger partial charge in [0.25, 0.3) is 0 Å². The Hall–Kier alpha value is -0.300. The van der Waals surface area contributed by atoms with Gasteiger partial charge in [-0.25, -0.2) is 0 Å². The molecule has 0 nitrogen and oxygen atoms in total. The van der Waals surface area contributed by atoms with Crippen LogP contribution in [0.3, 0.4) is 0 Å². The zero-order valence-corrected chi connectivity index (χ0v) is 11.4. The highest BCUT2D eigenvalue weighted by molar-refractivity contribution is 7.12. The molecule has 0 atom stereocenters. The van der Waals surface area contributed by atoms with Crippen LogP contribution in [0.5, 0.6) is 0 Å². The Balaban J connectivity index is 2.29. The van der Waals surface area contributed by atoms with Crippen molar-refractivity contribution in [2.45, 2.75) is 59.3 Å². The molecule has 0 saturated carbocycles. The van der Waals surface area contributed by atoms with E-state index in [0.717, 1.165) is 0 Å². The van der Waals surface area contributed by atoms with Crippen LogP contribution in [0.2, 0.25) is 0 Å². The third-order valence-corrected chi connectivity index (χ3v) is 5.30. The van der Waals surface area contributed by atoms with Crippen LogP contribution in [0.25, 0.3) is 0 Å². The Morgan fingerprint density at radius 3 is 2.53 bits per heavy atom. The van der Waals surface area contributed by atoms with E-state index in [2.05, 4.69) is 52.0 Å². The van der Waals surface area contributed by atoms with Gasteiger partial charge in [0, 0.05) is 9.75 Å². The summed E-state index contributed by atoms with van der Waals surface area (Å²) >= 11 is 2.06. The predicted molar refractivity (Wildman–Crippen MR) is 68.8 cm³/mol. The second-order valence-electron chi connectivity index (χ2n) is 6.31. The second kappa shape index (κ2) is 3.35. The summed E-state index contributed by atoms with van der Waals surface area (Å²) in [5.74, 6) is 0. The summed E-state index contributed by atoms with van der Waals surface area (Å²) in [5, 5.41) is 0. The SMILES string of the molecule is CCC(C)(C)c1cc2c(s1)CC(C)(C)C2. The largest absolute Gasteiger partial charge is 0.145 e. The molecule has 0 bridgehead atoms. The summed E-state index contributed by atoms with van der Waals surface area (Å²) in [5.41, 5.74) is 2.51. The summed E-state index contributed by atoms with van der Waals surface area (Å²) in [6, 6.07) is 2.47. The number of thiophene rings is 1. The molecule has 0 saturated heterocycles. The smallest absolute Gasteiger partial charge is 0.0107 e. The first kappa shape index (κ1) is 11.2. The maximum absolute atomic E-state index is 2.47. The van der Waals surface area contributed by atoms with E-state index in [9.17, 15) is 0 Å². The Kier molecular flexibility index (Phi) is 2.50. The highest BCUT2D eigenvalue weighted by atomic mass is 32.1. The van der Waals surface area contributed by atoms with Crippen molar-refractivity contribution in [3.05, 3.63) is 21.4 Å². The minimum Gasteiger partial charge on any atom is -0.145 e. The highest BCUT2D eigenvalue weighted by Gasteiger charge is 2.32. The van der Waals surface area contributed by atoms with Crippen LogP contribution in [-0.4, -0.2) is 0 Å². The van der Waals surface area contributed by atoms with Crippen LogP contribution in [0.4, 0.5) is 0 Å². The Morgan fingerprint density at radius 2 is 2.00 bits per heavy atom. The Bertz CT molecular complexity index is 343. The topological polar surface area (TPSA) is 0 Å². The van der Waals surface area contributed by atoms with Gasteiger partial charge in [0.05, 0.1) is 0 Å². The van der Waals surface area contributed by atoms with E-state index < -0.39 is 0 Å². The third-order valence-electron chi connectivity index (χ3n) is 3.76. The molecule has 1 aromatic rings. The van der Waals surface area contributed by atoms with Crippen molar-refractivity contribution in [3.63, 3.8) is 0 Å². The quantitative estimate of drug-likeness (QED) is 0.688. The molecule has 0 radical (unpaired) electrons. The van der Waals surface area contributed by atoms with Gasteiger partial charge in [-0.3, -0.25) is 0 Å². The van der Waals surface area contributed by atoms with Gasteiger partial charge in [0.2, 0.25) is 0 Å². The molecule has 0 unspecified atom stereocenters. The molecule has 15 heavy (non-hydrogen) atoms. The van der Waals surface area contributed by atoms with Gasteiger partial charge in [-0.1, -0.05) is 34.6 Å². The molecule has 0 aliphatic heterocycles. The van der Waals surface area contributed by atoms with E-state index in [-0.39, 0.29) is 0 Å². The molecule has 1 heteroatoms. The van der Waals surface area contributed by atoms with Crippen molar-refractivity contribution in [1.82, 2.24) is 0 Å². The fraction of sp³-hybridized carbons (Fsp3) is 0.714. The predicted octanol–water partition coefficient (Wildman–Crippen LogP) is 4.56. The Morgan fingerprint density at radius 1 is 1.33 bits per heavy atom. The molecule has 1 aliphatic carbocycles. The minimum atomic E-state index is 0.374.